The van der Waals surface area contributed by atoms with Crippen LogP contribution in [0.1, 0.15) is 30.0 Å². The highest BCUT2D eigenvalue weighted by Crippen LogP contribution is 2.27. The first-order chi connectivity index (χ1) is 12.2. The fourth-order valence-corrected chi connectivity index (χ4v) is 3.91. The second-order valence-electron chi connectivity index (χ2n) is 6.26. The molecule has 0 saturated heterocycles. The molecule has 0 aliphatic carbocycles. The van der Waals surface area contributed by atoms with Crippen LogP contribution in [0.3, 0.4) is 0 Å². The van der Waals surface area contributed by atoms with Gasteiger partial charge in [0, 0.05) is 18.0 Å². The monoisotopic (exact) mass is 391 g/mol. The molecule has 1 atom stereocenters. The highest BCUT2D eigenvalue weighted by atomic mass is 32.2. The van der Waals surface area contributed by atoms with Crippen LogP contribution in [0.25, 0.3) is 10.8 Å². The van der Waals surface area contributed by atoms with E-state index in [1.807, 2.05) is 31.5 Å². The lowest BCUT2D eigenvalue weighted by atomic mass is 10.1. The number of nitrogens with zero attached hydrogens (tertiary/aromatic N) is 2. The average molecular weight is 392 g/mol. The van der Waals surface area contributed by atoms with Crippen LogP contribution in [0, 0.1) is 6.92 Å². The Morgan fingerprint density at radius 1 is 1.23 bits per heavy atom. The number of furan rings is 1. The van der Waals surface area contributed by atoms with Crippen molar-refractivity contribution in [3.05, 3.63) is 58.8 Å². The van der Waals surface area contributed by atoms with Gasteiger partial charge in [-0.2, -0.15) is 0 Å². The molecule has 0 aliphatic rings. The number of hydrogen-bond acceptors (Lipinski definition) is 6. The van der Waals surface area contributed by atoms with Crippen LogP contribution < -0.4 is 5.14 Å². The van der Waals surface area contributed by atoms with E-state index in [4.69, 9.17) is 9.56 Å². The van der Waals surface area contributed by atoms with E-state index in [0.717, 1.165) is 27.8 Å². The fourth-order valence-electron chi connectivity index (χ4n) is 2.63. The molecule has 0 bridgehead atoms. The summed E-state index contributed by atoms with van der Waals surface area (Å²) < 4.78 is 28.3. The summed E-state index contributed by atoms with van der Waals surface area (Å²) in [6, 6.07) is 10.6. The third-order valence-corrected chi connectivity index (χ3v) is 6.10. The van der Waals surface area contributed by atoms with Gasteiger partial charge in [0.25, 0.3) is 0 Å². The molecule has 3 rings (SSSR count). The molecule has 2 aromatic heterocycles. The second kappa shape index (κ2) is 7.32. The summed E-state index contributed by atoms with van der Waals surface area (Å²) >= 11 is 1.56. The molecular formula is C18H21N3O3S2. The Morgan fingerprint density at radius 3 is 2.50 bits per heavy atom. The number of aromatic nitrogens is 1. The Morgan fingerprint density at radius 2 is 1.92 bits per heavy atom. The summed E-state index contributed by atoms with van der Waals surface area (Å²) in [6.45, 7) is 4.65. The minimum Gasteiger partial charge on any atom is -0.459 e. The van der Waals surface area contributed by atoms with E-state index >= 15 is 0 Å². The van der Waals surface area contributed by atoms with Gasteiger partial charge in [0.2, 0.25) is 10.0 Å². The zero-order valence-electron chi connectivity index (χ0n) is 14.8. The van der Waals surface area contributed by atoms with Crippen molar-refractivity contribution in [2.24, 2.45) is 5.14 Å². The van der Waals surface area contributed by atoms with Crippen molar-refractivity contribution in [2.75, 3.05) is 7.05 Å². The molecule has 0 radical (unpaired) electrons. The SMILES string of the molecule is Cc1ccc(-c2nc(CN(C)[C@@H](C)c3ccc(S(N)(=O)=O)cc3)cs2)o1. The fraction of sp³-hybridized carbons (Fsp3) is 0.278. The summed E-state index contributed by atoms with van der Waals surface area (Å²) in [6.07, 6.45) is 0. The van der Waals surface area contributed by atoms with Crippen molar-refractivity contribution < 1.29 is 12.8 Å². The molecule has 138 valence electrons. The van der Waals surface area contributed by atoms with E-state index in [0.29, 0.717) is 6.54 Å². The summed E-state index contributed by atoms with van der Waals surface area (Å²) in [5, 5.41) is 8.04. The summed E-state index contributed by atoms with van der Waals surface area (Å²) in [5.41, 5.74) is 1.98. The van der Waals surface area contributed by atoms with Crippen molar-refractivity contribution in [1.82, 2.24) is 9.88 Å². The summed E-state index contributed by atoms with van der Waals surface area (Å²) in [4.78, 5) is 6.91. The quantitative estimate of drug-likeness (QED) is 0.694. The van der Waals surface area contributed by atoms with Crippen molar-refractivity contribution in [3.63, 3.8) is 0 Å². The number of benzene rings is 1. The maximum absolute atomic E-state index is 11.4. The zero-order valence-corrected chi connectivity index (χ0v) is 16.5. The molecule has 1 aromatic carbocycles. The summed E-state index contributed by atoms with van der Waals surface area (Å²) in [5.74, 6) is 1.65. The number of thiazole rings is 1. The molecule has 26 heavy (non-hydrogen) atoms. The molecule has 0 saturated carbocycles. The molecule has 0 unspecified atom stereocenters. The molecule has 0 spiro atoms. The van der Waals surface area contributed by atoms with Gasteiger partial charge >= 0.3 is 0 Å². The Hall–Kier alpha value is -2.00. The lowest BCUT2D eigenvalue weighted by Gasteiger charge is -2.24. The number of sulfonamides is 1. The van der Waals surface area contributed by atoms with Gasteiger partial charge < -0.3 is 4.42 Å². The van der Waals surface area contributed by atoms with Gasteiger partial charge in [0.1, 0.15) is 5.76 Å². The van der Waals surface area contributed by atoms with Crippen LogP contribution in [0.2, 0.25) is 0 Å². The number of primary sulfonamides is 1. The number of nitrogens with two attached hydrogens (primary N) is 1. The van der Waals surface area contributed by atoms with Crippen LogP contribution >= 0.6 is 11.3 Å². The van der Waals surface area contributed by atoms with Crippen molar-refractivity contribution in [3.8, 4) is 10.8 Å². The van der Waals surface area contributed by atoms with Gasteiger partial charge in [-0.15, -0.1) is 11.3 Å². The van der Waals surface area contributed by atoms with E-state index < -0.39 is 10.0 Å². The molecule has 2 N–H and O–H groups in total. The highest BCUT2D eigenvalue weighted by molar-refractivity contribution is 7.89. The smallest absolute Gasteiger partial charge is 0.238 e. The predicted molar refractivity (Wildman–Crippen MR) is 102 cm³/mol. The van der Waals surface area contributed by atoms with Gasteiger partial charge in [0.15, 0.2) is 10.8 Å². The van der Waals surface area contributed by atoms with Gasteiger partial charge in [0.05, 0.1) is 10.6 Å². The minimum absolute atomic E-state index is 0.0977. The van der Waals surface area contributed by atoms with Crippen molar-refractivity contribution >= 4 is 21.4 Å². The second-order valence-corrected chi connectivity index (χ2v) is 8.68. The van der Waals surface area contributed by atoms with Crippen LogP contribution in [-0.2, 0) is 16.6 Å². The number of aryl methyl sites for hydroxylation is 1. The largest absolute Gasteiger partial charge is 0.459 e. The molecule has 3 aromatic rings. The molecular weight excluding hydrogens is 370 g/mol. The van der Waals surface area contributed by atoms with Crippen molar-refractivity contribution in [2.45, 2.75) is 31.3 Å². The lowest BCUT2D eigenvalue weighted by molar-refractivity contribution is 0.250. The first-order valence-corrected chi connectivity index (χ1v) is 10.5. The van der Waals surface area contributed by atoms with E-state index in [1.165, 1.54) is 12.1 Å². The predicted octanol–water partition coefficient (Wildman–Crippen LogP) is 3.55. The van der Waals surface area contributed by atoms with Gasteiger partial charge in [-0.05, 0) is 50.7 Å². The zero-order chi connectivity index (χ0) is 18.9. The molecule has 8 heteroatoms. The van der Waals surface area contributed by atoms with Crippen LogP contribution in [-0.4, -0.2) is 25.3 Å². The first-order valence-electron chi connectivity index (χ1n) is 8.08. The topological polar surface area (TPSA) is 89.4 Å². The standard InChI is InChI=1S/C18H21N3O3S2/c1-12-4-9-17(24-12)18-20-15(11-25-18)10-21(3)13(2)14-5-7-16(8-6-14)26(19,22)23/h4-9,11,13H,10H2,1-3H3,(H2,19,22,23)/t13-/m0/s1. The average Bonchev–Trinajstić information content (AvgIpc) is 3.22. The Kier molecular flexibility index (Phi) is 5.29. The Balaban J connectivity index is 1.69. The summed E-state index contributed by atoms with van der Waals surface area (Å²) in [7, 11) is -1.66. The molecule has 0 aliphatic heterocycles. The van der Waals surface area contributed by atoms with E-state index in [-0.39, 0.29) is 10.9 Å². The van der Waals surface area contributed by atoms with Gasteiger partial charge in [-0.25, -0.2) is 18.5 Å². The van der Waals surface area contributed by atoms with Crippen LogP contribution in [0.5, 0.6) is 0 Å². The Labute approximate surface area is 157 Å². The molecule has 2 heterocycles. The molecule has 0 amide bonds. The molecule has 6 nitrogen and oxygen atoms in total. The van der Waals surface area contributed by atoms with Crippen LogP contribution in [0.4, 0.5) is 0 Å². The Bertz CT molecular complexity index is 991. The maximum Gasteiger partial charge on any atom is 0.238 e. The van der Waals surface area contributed by atoms with Crippen molar-refractivity contribution in [1.29, 1.82) is 0 Å². The third kappa shape index (κ3) is 4.21. The lowest BCUT2D eigenvalue weighted by Crippen LogP contribution is -2.22. The highest BCUT2D eigenvalue weighted by Gasteiger charge is 2.16. The minimum atomic E-state index is -3.67. The normalized spacial score (nSPS) is 13.3. The van der Waals surface area contributed by atoms with E-state index in [1.54, 1.807) is 23.5 Å². The third-order valence-electron chi connectivity index (χ3n) is 4.27. The number of rotatable bonds is 6. The van der Waals surface area contributed by atoms with E-state index in [2.05, 4.69) is 16.8 Å². The molecule has 0 fully saturated rings. The van der Waals surface area contributed by atoms with E-state index in [9.17, 15) is 8.42 Å². The number of hydrogen-bond donors (Lipinski definition) is 1. The maximum atomic E-state index is 11.4. The van der Waals surface area contributed by atoms with Crippen LogP contribution in [0.15, 0.2) is 51.1 Å². The van der Waals surface area contributed by atoms with Gasteiger partial charge in [-0.3, -0.25) is 4.90 Å². The van der Waals surface area contributed by atoms with Gasteiger partial charge in [-0.1, -0.05) is 12.1 Å². The first kappa shape index (κ1) is 18.8.